The van der Waals surface area contributed by atoms with Crippen molar-refractivity contribution in [3.05, 3.63) is 24.0 Å². The second-order valence-corrected chi connectivity index (χ2v) is 2.58. The first kappa shape index (κ1) is 5.98. The molecule has 2 aliphatic rings. The predicted octanol–water partition coefficient (Wildman–Crippen LogP) is 1.18. The summed E-state index contributed by atoms with van der Waals surface area (Å²) in [6, 6.07) is 0.336. The molecule has 2 rings (SSSR count). The van der Waals surface area contributed by atoms with Crippen molar-refractivity contribution < 1.29 is 4.74 Å². The molecule has 0 saturated heterocycles. The Bertz CT molecular complexity index is 184. The van der Waals surface area contributed by atoms with E-state index in [1.54, 1.807) is 0 Å². The fourth-order valence-electron chi connectivity index (χ4n) is 1.32. The van der Waals surface area contributed by atoms with Crippen molar-refractivity contribution in [3.8, 4) is 0 Å². The summed E-state index contributed by atoms with van der Waals surface area (Å²) in [5, 5.41) is 4.27. The van der Waals surface area contributed by atoms with Gasteiger partial charge in [0.2, 0.25) is 0 Å². The number of hydrogen-bond donors (Lipinski definition) is 0. The van der Waals surface area contributed by atoms with Crippen LogP contribution in [0, 0.1) is 0 Å². The summed E-state index contributed by atoms with van der Waals surface area (Å²) in [6.45, 7) is 0.526. The number of fused-ring (bicyclic) bond motifs is 1. The van der Waals surface area contributed by atoms with Gasteiger partial charge in [0.25, 0.3) is 0 Å². The standard InChI is InChI=1S/C8H10NO/c1-2-4-8-7(3-1)5-10-6-9-8/h2,4-5,8H,1,3,6H2. The SMILES string of the molecule is C1=CC2[N]COC=C2CC1. The first-order valence-electron chi connectivity index (χ1n) is 3.60. The highest BCUT2D eigenvalue weighted by Crippen LogP contribution is 2.20. The van der Waals surface area contributed by atoms with Gasteiger partial charge in [0.1, 0.15) is 0 Å². The Morgan fingerprint density at radius 2 is 2.60 bits per heavy atom. The number of hydrogen-bond acceptors (Lipinski definition) is 1. The Kier molecular flexibility index (Phi) is 1.47. The average molecular weight is 136 g/mol. The quantitative estimate of drug-likeness (QED) is 0.459. The molecule has 2 heteroatoms. The van der Waals surface area contributed by atoms with Crippen molar-refractivity contribution in [1.29, 1.82) is 0 Å². The van der Waals surface area contributed by atoms with Gasteiger partial charge < -0.3 is 4.74 Å². The third-order valence-electron chi connectivity index (χ3n) is 1.88. The summed E-state index contributed by atoms with van der Waals surface area (Å²) >= 11 is 0. The molecule has 1 atom stereocenters. The Labute approximate surface area is 60.6 Å². The lowest BCUT2D eigenvalue weighted by Crippen LogP contribution is -2.29. The molecular formula is C8H10NO. The van der Waals surface area contributed by atoms with Gasteiger partial charge >= 0.3 is 0 Å². The van der Waals surface area contributed by atoms with Crippen molar-refractivity contribution in [3.63, 3.8) is 0 Å². The summed E-state index contributed by atoms with van der Waals surface area (Å²) in [7, 11) is 0. The Balaban J connectivity index is 2.20. The predicted molar refractivity (Wildman–Crippen MR) is 38.3 cm³/mol. The van der Waals surface area contributed by atoms with Gasteiger partial charge in [-0.05, 0) is 18.4 Å². The second kappa shape index (κ2) is 2.46. The third-order valence-corrected chi connectivity index (χ3v) is 1.88. The van der Waals surface area contributed by atoms with Crippen LogP contribution < -0.4 is 5.32 Å². The molecule has 0 aromatic rings. The minimum Gasteiger partial charge on any atom is -0.484 e. The molecule has 1 unspecified atom stereocenters. The average Bonchev–Trinajstić information content (AvgIpc) is 2.05. The van der Waals surface area contributed by atoms with Gasteiger partial charge in [-0.25, -0.2) is 0 Å². The summed E-state index contributed by atoms with van der Waals surface area (Å²) in [6.07, 6.45) is 8.46. The van der Waals surface area contributed by atoms with Crippen LogP contribution in [0.25, 0.3) is 0 Å². The Morgan fingerprint density at radius 1 is 1.60 bits per heavy atom. The van der Waals surface area contributed by atoms with E-state index in [9.17, 15) is 0 Å². The van der Waals surface area contributed by atoms with Crippen LogP contribution in [0.15, 0.2) is 24.0 Å². The van der Waals surface area contributed by atoms with Crippen LogP contribution in [0.3, 0.4) is 0 Å². The summed E-state index contributed by atoms with van der Waals surface area (Å²) in [4.78, 5) is 0. The van der Waals surface area contributed by atoms with Crippen LogP contribution in [0.5, 0.6) is 0 Å². The molecule has 1 aliphatic carbocycles. The Hall–Kier alpha value is -0.760. The van der Waals surface area contributed by atoms with Gasteiger partial charge in [-0.15, -0.1) is 0 Å². The second-order valence-electron chi connectivity index (χ2n) is 2.58. The van der Waals surface area contributed by atoms with E-state index >= 15 is 0 Å². The summed E-state index contributed by atoms with van der Waals surface area (Å²) in [5.74, 6) is 0. The molecule has 0 aromatic carbocycles. The van der Waals surface area contributed by atoms with Gasteiger partial charge in [0, 0.05) is 0 Å². The lowest BCUT2D eigenvalue weighted by atomic mass is 9.97. The minimum absolute atomic E-state index is 0.336. The molecule has 0 aromatic heterocycles. The zero-order valence-electron chi connectivity index (χ0n) is 5.79. The van der Waals surface area contributed by atoms with Crippen LogP contribution in [0.2, 0.25) is 0 Å². The highest BCUT2D eigenvalue weighted by atomic mass is 16.5. The number of rotatable bonds is 0. The van der Waals surface area contributed by atoms with E-state index < -0.39 is 0 Å². The van der Waals surface area contributed by atoms with Gasteiger partial charge in [-0.3, -0.25) is 0 Å². The monoisotopic (exact) mass is 136 g/mol. The van der Waals surface area contributed by atoms with Gasteiger partial charge in [0.15, 0.2) is 6.73 Å². The number of allylic oxidation sites excluding steroid dienone is 1. The zero-order valence-corrected chi connectivity index (χ0v) is 5.79. The topological polar surface area (TPSA) is 23.3 Å². The van der Waals surface area contributed by atoms with E-state index in [1.807, 2.05) is 6.26 Å². The third kappa shape index (κ3) is 0.948. The molecule has 0 saturated carbocycles. The molecule has 0 N–H and O–H groups in total. The van der Waals surface area contributed by atoms with E-state index in [0.717, 1.165) is 12.8 Å². The van der Waals surface area contributed by atoms with Gasteiger partial charge in [-0.1, -0.05) is 12.2 Å². The van der Waals surface area contributed by atoms with Crippen LogP contribution in [-0.4, -0.2) is 12.8 Å². The first-order valence-corrected chi connectivity index (χ1v) is 3.60. The summed E-state index contributed by atoms with van der Waals surface area (Å²) in [5.41, 5.74) is 1.33. The van der Waals surface area contributed by atoms with Crippen LogP contribution >= 0.6 is 0 Å². The van der Waals surface area contributed by atoms with Gasteiger partial charge in [0.05, 0.1) is 12.3 Å². The maximum Gasteiger partial charge on any atom is 0.154 e. The molecule has 10 heavy (non-hydrogen) atoms. The Morgan fingerprint density at radius 3 is 3.50 bits per heavy atom. The minimum atomic E-state index is 0.336. The van der Waals surface area contributed by atoms with Crippen LogP contribution in [0.4, 0.5) is 0 Å². The fourth-order valence-corrected chi connectivity index (χ4v) is 1.32. The molecule has 53 valence electrons. The van der Waals surface area contributed by atoms with E-state index in [0.29, 0.717) is 12.8 Å². The lowest BCUT2D eigenvalue weighted by Gasteiger charge is -2.23. The van der Waals surface area contributed by atoms with Crippen molar-refractivity contribution in [2.45, 2.75) is 18.9 Å². The maximum atomic E-state index is 5.08. The zero-order chi connectivity index (χ0) is 6.81. The van der Waals surface area contributed by atoms with E-state index in [1.165, 1.54) is 5.57 Å². The van der Waals surface area contributed by atoms with Crippen LogP contribution in [-0.2, 0) is 4.74 Å². The lowest BCUT2D eigenvalue weighted by molar-refractivity contribution is 0.188. The van der Waals surface area contributed by atoms with Gasteiger partial charge in [-0.2, -0.15) is 5.32 Å². The molecule has 2 nitrogen and oxygen atoms in total. The molecule has 1 heterocycles. The first-order chi connectivity index (χ1) is 4.97. The smallest absolute Gasteiger partial charge is 0.154 e. The summed E-state index contributed by atoms with van der Waals surface area (Å²) < 4.78 is 5.08. The van der Waals surface area contributed by atoms with Crippen molar-refractivity contribution in [2.24, 2.45) is 0 Å². The van der Waals surface area contributed by atoms with E-state index in [4.69, 9.17) is 4.74 Å². The molecule has 0 amide bonds. The van der Waals surface area contributed by atoms with Crippen molar-refractivity contribution in [1.82, 2.24) is 5.32 Å². The maximum absolute atomic E-state index is 5.08. The normalized spacial score (nSPS) is 30.4. The fraction of sp³-hybridized carbons (Fsp3) is 0.500. The number of ether oxygens (including phenoxy) is 1. The highest BCUT2D eigenvalue weighted by molar-refractivity contribution is 5.21. The molecule has 0 bridgehead atoms. The van der Waals surface area contributed by atoms with Crippen LogP contribution in [0.1, 0.15) is 12.8 Å². The van der Waals surface area contributed by atoms with Crippen molar-refractivity contribution in [2.75, 3.05) is 6.73 Å². The molecule has 0 spiro atoms. The number of nitrogens with zero attached hydrogens (tertiary/aromatic N) is 1. The molecule has 0 fully saturated rings. The molecule has 1 radical (unpaired) electrons. The highest BCUT2D eigenvalue weighted by Gasteiger charge is 2.17. The van der Waals surface area contributed by atoms with E-state index in [-0.39, 0.29) is 0 Å². The molecule has 1 aliphatic heterocycles. The van der Waals surface area contributed by atoms with Crippen molar-refractivity contribution >= 4 is 0 Å². The van der Waals surface area contributed by atoms with E-state index in [2.05, 4.69) is 17.5 Å². The largest absolute Gasteiger partial charge is 0.484 e. The molecular weight excluding hydrogens is 126 g/mol.